The number of esters is 1. The highest BCUT2D eigenvalue weighted by Crippen LogP contribution is 2.27. The first kappa shape index (κ1) is 23.9. The van der Waals surface area contributed by atoms with Crippen molar-refractivity contribution in [3.8, 4) is 0 Å². The van der Waals surface area contributed by atoms with Crippen molar-refractivity contribution in [2.45, 2.75) is 59.4 Å². The number of hydrogen-bond donors (Lipinski definition) is 1. The predicted molar refractivity (Wildman–Crippen MR) is 117 cm³/mol. The summed E-state index contributed by atoms with van der Waals surface area (Å²) in [6, 6.07) is 6.31. The van der Waals surface area contributed by atoms with E-state index in [1.807, 2.05) is 39.0 Å². The molecule has 0 spiro atoms. The summed E-state index contributed by atoms with van der Waals surface area (Å²) >= 11 is 0. The third-order valence-electron chi connectivity index (χ3n) is 5.39. The monoisotopic (exact) mass is 417 g/mol. The summed E-state index contributed by atoms with van der Waals surface area (Å²) in [7, 11) is 0. The molecule has 166 valence electrons. The predicted octanol–water partition coefficient (Wildman–Crippen LogP) is 2.90. The molecule has 2 rings (SSSR count). The number of rotatable bonds is 12. The Bertz CT molecular complexity index is 726. The summed E-state index contributed by atoms with van der Waals surface area (Å²) in [6.07, 6.45) is 2.66. The topological polar surface area (TPSA) is 79.0 Å². The molecule has 0 aliphatic heterocycles. The van der Waals surface area contributed by atoms with Gasteiger partial charge in [-0.25, -0.2) is 0 Å². The quantitative estimate of drug-likeness (QED) is 0.529. The number of nitrogens with one attached hydrogen (secondary N) is 1. The molecular weight excluding hydrogens is 382 g/mol. The van der Waals surface area contributed by atoms with E-state index in [0.717, 1.165) is 29.7 Å². The average Bonchev–Trinajstić information content (AvgIpc) is 3.54. The number of ether oxygens (including phenoxy) is 1. The third-order valence-corrected chi connectivity index (χ3v) is 5.39. The molecule has 1 fully saturated rings. The number of carbonyl (C=O) groups is 3. The van der Waals surface area contributed by atoms with Crippen LogP contribution >= 0.6 is 0 Å². The molecule has 0 unspecified atom stereocenters. The minimum absolute atomic E-state index is 0.00241. The van der Waals surface area contributed by atoms with E-state index in [1.165, 1.54) is 0 Å². The van der Waals surface area contributed by atoms with Gasteiger partial charge in [-0.1, -0.05) is 18.2 Å². The van der Waals surface area contributed by atoms with Crippen molar-refractivity contribution >= 4 is 23.5 Å². The molecular formula is C23H35N3O4. The van der Waals surface area contributed by atoms with Gasteiger partial charge in [-0.2, -0.15) is 0 Å². The van der Waals surface area contributed by atoms with E-state index in [1.54, 1.807) is 11.8 Å². The smallest absolute Gasteiger partial charge is 0.307 e. The zero-order valence-electron chi connectivity index (χ0n) is 18.7. The van der Waals surface area contributed by atoms with E-state index in [2.05, 4.69) is 10.2 Å². The molecule has 0 radical (unpaired) electrons. The van der Waals surface area contributed by atoms with Gasteiger partial charge in [0.2, 0.25) is 11.8 Å². The van der Waals surface area contributed by atoms with Gasteiger partial charge in [-0.15, -0.1) is 0 Å². The van der Waals surface area contributed by atoms with E-state index < -0.39 is 0 Å². The second-order valence-corrected chi connectivity index (χ2v) is 7.80. The molecule has 30 heavy (non-hydrogen) atoms. The highest BCUT2D eigenvalue weighted by atomic mass is 16.5. The second-order valence-electron chi connectivity index (χ2n) is 7.80. The number of benzene rings is 1. The Kier molecular flexibility index (Phi) is 9.30. The lowest BCUT2D eigenvalue weighted by Gasteiger charge is -2.25. The molecule has 1 saturated carbocycles. The van der Waals surface area contributed by atoms with Gasteiger partial charge in [-0.05, 0) is 51.7 Å². The maximum absolute atomic E-state index is 12.6. The Morgan fingerprint density at radius 3 is 2.30 bits per heavy atom. The molecule has 7 nitrogen and oxygen atoms in total. The van der Waals surface area contributed by atoms with Gasteiger partial charge in [0.25, 0.3) is 0 Å². The Hall–Kier alpha value is -2.41. The van der Waals surface area contributed by atoms with Crippen LogP contribution in [0.2, 0.25) is 0 Å². The summed E-state index contributed by atoms with van der Waals surface area (Å²) in [5.41, 5.74) is 2.94. The fourth-order valence-electron chi connectivity index (χ4n) is 3.52. The van der Waals surface area contributed by atoms with Gasteiger partial charge in [0, 0.05) is 37.8 Å². The fourth-order valence-corrected chi connectivity index (χ4v) is 3.52. The molecule has 1 aliphatic carbocycles. The van der Waals surface area contributed by atoms with Crippen LogP contribution in [-0.2, 0) is 19.1 Å². The number of aryl methyl sites for hydroxylation is 2. The van der Waals surface area contributed by atoms with Gasteiger partial charge in [0.15, 0.2) is 0 Å². The molecule has 0 atom stereocenters. The Balaban J connectivity index is 1.85. The third kappa shape index (κ3) is 7.44. The number of para-hydroxylation sites is 1. The van der Waals surface area contributed by atoms with E-state index in [4.69, 9.17) is 4.74 Å². The molecule has 0 aromatic heterocycles. The molecule has 1 N–H and O–H groups in total. The van der Waals surface area contributed by atoms with E-state index in [9.17, 15) is 14.4 Å². The van der Waals surface area contributed by atoms with Gasteiger partial charge >= 0.3 is 5.97 Å². The molecule has 7 heteroatoms. The van der Waals surface area contributed by atoms with Crippen LogP contribution < -0.4 is 5.32 Å². The van der Waals surface area contributed by atoms with Crippen molar-refractivity contribution in [1.82, 2.24) is 9.80 Å². The van der Waals surface area contributed by atoms with Crippen molar-refractivity contribution in [3.05, 3.63) is 29.3 Å². The average molecular weight is 418 g/mol. The van der Waals surface area contributed by atoms with Crippen molar-refractivity contribution in [2.24, 2.45) is 0 Å². The van der Waals surface area contributed by atoms with Crippen LogP contribution in [0.3, 0.4) is 0 Å². The maximum Gasteiger partial charge on any atom is 0.307 e. The zero-order valence-corrected chi connectivity index (χ0v) is 18.7. The number of amides is 2. The first-order valence-corrected chi connectivity index (χ1v) is 10.9. The van der Waals surface area contributed by atoms with Crippen molar-refractivity contribution in [1.29, 1.82) is 0 Å². The minimum Gasteiger partial charge on any atom is -0.466 e. The standard InChI is InChI=1S/C23H35N3O4/c1-5-25(15-13-22(29)30-6-2)21(28)12-14-26(19-10-11-19)16-20(27)24-23-17(3)8-7-9-18(23)4/h7-9,19H,5-6,10-16H2,1-4H3,(H,24,27). The first-order chi connectivity index (χ1) is 14.3. The second kappa shape index (κ2) is 11.7. The SMILES string of the molecule is CCOC(=O)CCN(CC)C(=O)CCN(CC(=O)Nc1c(C)cccc1C)C1CC1. The van der Waals surface area contributed by atoms with Gasteiger partial charge < -0.3 is 15.0 Å². The first-order valence-electron chi connectivity index (χ1n) is 10.9. The summed E-state index contributed by atoms with van der Waals surface area (Å²) in [5, 5.41) is 3.03. The molecule has 0 heterocycles. The molecule has 1 aromatic carbocycles. The molecule has 1 aliphatic rings. The Labute approximate surface area is 179 Å². The molecule has 2 amide bonds. The molecule has 0 bridgehead atoms. The number of nitrogens with zero attached hydrogens (tertiary/aromatic N) is 2. The fraction of sp³-hybridized carbons (Fsp3) is 0.609. The van der Waals surface area contributed by atoms with E-state index in [-0.39, 0.29) is 30.7 Å². The Morgan fingerprint density at radius 1 is 1.07 bits per heavy atom. The molecule has 0 saturated heterocycles. The summed E-state index contributed by atoms with van der Waals surface area (Å²) in [6.45, 7) is 9.72. The zero-order chi connectivity index (χ0) is 22.1. The van der Waals surface area contributed by atoms with Crippen LogP contribution in [-0.4, -0.2) is 66.4 Å². The maximum atomic E-state index is 12.6. The Morgan fingerprint density at radius 2 is 1.73 bits per heavy atom. The van der Waals surface area contributed by atoms with Crippen LogP contribution in [0.4, 0.5) is 5.69 Å². The highest BCUT2D eigenvalue weighted by molar-refractivity contribution is 5.93. The van der Waals surface area contributed by atoms with Gasteiger partial charge in [0.1, 0.15) is 0 Å². The van der Waals surface area contributed by atoms with Gasteiger partial charge in [0.05, 0.1) is 19.6 Å². The lowest BCUT2D eigenvalue weighted by atomic mass is 10.1. The van der Waals surface area contributed by atoms with E-state index >= 15 is 0 Å². The highest BCUT2D eigenvalue weighted by Gasteiger charge is 2.31. The number of anilines is 1. The van der Waals surface area contributed by atoms with Crippen molar-refractivity contribution in [3.63, 3.8) is 0 Å². The lowest BCUT2D eigenvalue weighted by Crippen LogP contribution is -2.39. The van der Waals surface area contributed by atoms with Crippen molar-refractivity contribution < 1.29 is 19.1 Å². The molecule has 1 aromatic rings. The summed E-state index contributed by atoms with van der Waals surface area (Å²) in [5.74, 6) is -0.337. The summed E-state index contributed by atoms with van der Waals surface area (Å²) < 4.78 is 4.93. The van der Waals surface area contributed by atoms with Crippen LogP contribution in [0.1, 0.15) is 50.7 Å². The van der Waals surface area contributed by atoms with Crippen molar-refractivity contribution in [2.75, 3.05) is 38.1 Å². The van der Waals surface area contributed by atoms with Crippen LogP contribution in [0.15, 0.2) is 18.2 Å². The van der Waals surface area contributed by atoms with Crippen LogP contribution in [0, 0.1) is 13.8 Å². The normalized spacial score (nSPS) is 13.2. The van der Waals surface area contributed by atoms with E-state index in [0.29, 0.717) is 38.7 Å². The number of hydrogen-bond acceptors (Lipinski definition) is 5. The van der Waals surface area contributed by atoms with Gasteiger partial charge in [-0.3, -0.25) is 19.3 Å². The summed E-state index contributed by atoms with van der Waals surface area (Å²) in [4.78, 5) is 40.6. The number of carbonyl (C=O) groups excluding carboxylic acids is 3. The van der Waals surface area contributed by atoms with Crippen LogP contribution in [0.5, 0.6) is 0 Å². The largest absolute Gasteiger partial charge is 0.466 e. The minimum atomic E-state index is -0.286. The lowest BCUT2D eigenvalue weighted by molar-refractivity contribution is -0.144. The van der Waals surface area contributed by atoms with Crippen LogP contribution in [0.25, 0.3) is 0 Å².